The lowest BCUT2D eigenvalue weighted by Crippen LogP contribution is -2.29. The summed E-state index contributed by atoms with van der Waals surface area (Å²) in [5.74, 6) is -1.51. The van der Waals surface area contributed by atoms with E-state index in [1.807, 2.05) is 12.1 Å². The molecule has 0 radical (unpaired) electrons. The molecule has 6 nitrogen and oxygen atoms in total. The molecule has 0 aromatic heterocycles. The van der Waals surface area contributed by atoms with Crippen molar-refractivity contribution < 1.29 is 24.2 Å². The van der Waals surface area contributed by atoms with Crippen molar-refractivity contribution in [3.05, 3.63) is 93.0 Å². The first kappa shape index (κ1) is 26.6. The molecule has 1 saturated heterocycles. The minimum atomic E-state index is -0.987. The molecule has 192 valence electrons. The molecule has 1 atom stereocenters. The summed E-state index contributed by atoms with van der Waals surface area (Å²) in [6.45, 7) is 6.27. The number of nitrogens with zero attached hydrogens (tertiary/aromatic N) is 1. The van der Waals surface area contributed by atoms with Gasteiger partial charge < -0.3 is 14.6 Å². The van der Waals surface area contributed by atoms with Crippen molar-refractivity contribution in [3.63, 3.8) is 0 Å². The number of hydrogen-bond donors (Lipinski definition) is 1. The van der Waals surface area contributed by atoms with E-state index in [-0.39, 0.29) is 32.3 Å². The Morgan fingerprint density at radius 1 is 0.946 bits per heavy atom. The van der Waals surface area contributed by atoms with Crippen LogP contribution in [0.1, 0.15) is 43.5 Å². The lowest BCUT2D eigenvalue weighted by atomic mass is 9.87. The number of Topliss-reactive ketones (excluding diaryl/α,β-unsaturated/α-hetero) is 1. The Kier molecular flexibility index (Phi) is 7.27. The summed E-state index contributed by atoms with van der Waals surface area (Å²) in [7, 11) is 2.89. The fourth-order valence-electron chi connectivity index (χ4n) is 4.50. The van der Waals surface area contributed by atoms with Gasteiger partial charge in [-0.15, -0.1) is 0 Å². The number of benzene rings is 3. The minimum absolute atomic E-state index is 0.0981. The highest BCUT2D eigenvalue weighted by Crippen LogP contribution is 2.47. The summed E-state index contributed by atoms with van der Waals surface area (Å²) in [5, 5.41) is 11.9. The third-order valence-corrected chi connectivity index (χ3v) is 6.86. The van der Waals surface area contributed by atoms with Gasteiger partial charge in [-0.25, -0.2) is 0 Å². The number of methoxy groups -OCH3 is 2. The van der Waals surface area contributed by atoms with E-state index in [1.165, 1.54) is 31.3 Å². The monoisotopic (exact) mass is 539 g/mol. The van der Waals surface area contributed by atoms with Crippen LogP contribution in [0.3, 0.4) is 0 Å². The standard InChI is InChI=1S/C29H27Cl2NO5/c1-29(2,3)16-10-12-18(13-11-16)32-24(19-8-6-7-9-22(19)36-4)23(26(34)28(32)35)25(33)20-14-17(30)15-21(31)27(20)37-5/h6-15,24,33H,1-5H3/b25-23+. The van der Waals surface area contributed by atoms with E-state index in [0.717, 1.165) is 5.56 Å². The van der Waals surface area contributed by atoms with Gasteiger partial charge in [0.1, 0.15) is 17.3 Å². The molecule has 0 saturated carbocycles. The number of aliphatic hydroxyl groups excluding tert-OH is 1. The van der Waals surface area contributed by atoms with Crippen molar-refractivity contribution in [2.45, 2.75) is 32.2 Å². The Labute approximate surface area is 226 Å². The van der Waals surface area contributed by atoms with Crippen LogP contribution in [-0.2, 0) is 15.0 Å². The second-order valence-corrected chi connectivity index (χ2v) is 10.5. The first-order valence-electron chi connectivity index (χ1n) is 11.6. The molecule has 1 aliphatic rings. The van der Waals surface area contributed by atoms with Gasteiger partial charge in [-0.05, 0) is 41.3 Å². The zero-order valence-electron chi connectivity index (χ0n) is 21.1. The number of carbonyl (C=O) groups excluding carboxylic acids is 2. The van der Waals surface area contributed by atoms with Crippen molar-refractivity contribution in [1.29, 1.82) is 0 Å². The molecule has 1 unspecified atom stereocenters. The summed E-state index contributed by atoms with van der Waals surface area (Å²) < 4.78 is 11.0. The molecule has 37 heavy (non-hydrogen) atoms. The number of carbonyl (C=O) groups is 2. The maximum atomic E-state index is 13.5. The van der Waals surface area contributed by atoms with Crippen LogP contribution in [-0.4, -0.2) is 31.0 Å². The second-order valence-electron chi connectivity index (χ2n) is 9.68. The van der Waals surface area contributed by atoms with Crippen LogP contribution in [0.4, 0.5) is 5.69 Å². The molecule has 0 aliphatic carbocycles. The molecule has 1 aliphatic heterocycles. The number of rotatable bonds is 5. The highest BCUT2D eigenvalue weighted by atomic mass is 35.5. The van der Waals surface area contributed by atoms with Crippen LogP contribution in [0.5, 0.6) is 11.5 Å². The topological polar surface area (TPSA) is 76.1 Å². The quantitative estimate of drug-likeness (QED) is 0.216. The van der Waals surface area contributed by atoms with Crippen molar-refractivity contribution in [2.24, 2.45) is 0 Å². The Morgan fingerprint density at radius 2 is 1.59 bits per heavy atom. The van der Waals surface area contributed by atoms with E-state index in [1.54, 1.807) is 36.4 Å². The molecule has 4 rings (SSSR count). The molecule has 3 aromatic rings. The highest BCUT2D eigenvalue weighted by Gasteiger charge is 2.48. The SMILES string of the molecule is COc1ccccc1C1/C(=C(\O)c2cc(Cl)cc(Cl)c2OC)C(=O)C(=O)N1c1ccc(C(C)(C)C)cc1. The molecule has 0 bridgehead atoms. The van der Waals surface area contributed by atoms with Gasteiger partial charge in [0.05, 0.1) is 36.4 Å². The van der Waals surface area contributed by atoms with E-state index in [4.69, 9.17) is 32.7 Å². The lowest BCUT2D eigenvalue weighted by Gasteiger charge is -2.27. The van der Waals surface area contributed by atoms with Gasteiger partial charge in [0.25, 0.3) is 11.7 Å². The summed E-state index contributed by atoms with van der Waals surface area (Å²) in [6.07, 6.45) is 0. The second kappa shape index (κ2) is 10.1. The molecule has 1 N–H and O–H groups in total. The smallest absolute Gasteiger partial charge is 0.300 e. The zero-order valence-corrected chi connectivity index (χ0v) is 22.6. The van der Waals surface area contributed by atoms with Crippen molar-refractivity contribution >= 4 is 46.3 Å². The van der Waals surface area contributed by atoms with E-state index in [9.17, 15) is 14.7 Å². The molecule has 1 amide bonds. The molecule has 1 heterocycles. The van der Waals surface area contributed by atoms with E-state index in [2.05, 4.69) is 20.8 Å². The van der Waals surface area contributed by atoms with Crippen LogP contribution in [0.15, 0.2) is 66.2 Å². The van der Waals surface area contributed by atoms with Gasteiger partial charge >= 0.3 is 0 Å². The van der Waals surface area contributed by atoms with Gasteiger partial charge in [0.15, 0.2) is 0 Å². The number of hydrogen-bond acceptors (Lipinski definition) is 5. The Hall–Kier alpha value is -3.48. The normalized spacial score (nSPS) is 17.3. The van der Waals surface area contributed by atoms with Gasteiger partial charge in [-0.3, -0.25) is 14.5 Å². The average Bonchev–Trinajstić information content (AvgIpc) is 3.12. The summed E-state index contributed by atoms with van der Waals surface area (Å²) in [4.78, 5) is 28.4. The van der Waals surface area contributed by atoms with Crippen LogP contribution >= 0.6 is 23.2 Å². The Morgan fingerprint density at radius 3 is 2.19 bits per heavy atom. The molecular weight excluding hydrogens is 513 g/mol. The van der Waals surface area contributed by atoms with Crippen LogP contribution in [0.25, 0.3) is 5.76 Å². The summed E-state index contributed by atoms with van der Waals surface area (Å²) in [6, 6.07) is 16.4. The maximum Gasteiger partial charge on any atom is 0.300 e. The summed E-state index contributed by atoms with van der Waals surface area (Å²) in [5.41, 5.74) is 1.96. The fraction of sp³-hybridized carbons (Fsp3) is 0.241. The molecule has 3 aromatic carbocycles. The largest absolute Gasteiger partial charge is 0.507 e. The Balaban J connectivity index is 2.00. The molecular formula is C29H27Cl2NO5. The summed E-state index contributed by atoms with van der Waals surface area (Å²) >= 11 is 12.5. The van der Waals surface area contributed by atoms with Gasteiger partial charge in [0.2, 0.25) is 0 Å². The van der Waals surface area contributed by atoms with Gasteiger partial charge in [-0.1, -0.05) is 74.3 Å². The van der Waals surface area contributed by atoms with E-state index in [0.29, 0.717) is 17.0 Å². The fourth-order valence-corrected chi connectivity index (χ4v) is 5.07. The Bertz CT molecular complexity index is 1410. The van der Waals surface area contributed by atoms with Crippen molar-refractivity contribution in [1.82, 2.24) is 0 Å². The molecule has 0 spiro atoms. The number of halogens is 2. The lowest BCUT2D eigenvalue weighted by molar-refractivity contribution is -0.132. The van der Waals surface area contributed by atoms with Gasteiger partial charge in [-0.2, -0.15) is 0 Å². The number of para-hydroxylation sites is 1. The van der Waals surface area contributed by atoms with Crippen LogP contribution in [0.2, 0.25) is 10.0 Å². The van der Waals surface area contributed by atoms with Crippen LogP contribution in [0, 0.1) is 0 Å². The third-order valence-electron chi connectivity index (χ3n) is 6.36. The molecule has 1 fully saturated rings. The van der Waals surface area contributed by atoms with Gasteiger partial charge in [0, 0.05) is 16.3 Å². The predicted octanol–water partition coefficient (Wildman–Crippen LogP) is 6.93. The first-order valence-corrected chi connectivity index (χ1v) is 12.3. The van der Waals surface area contributed by atoms with E-state index < -0.39 is 23.5 Å². The number of anilines is 1. The van der Waals surface area contributed by atoms with Crippen molar-refractivity contribution in [3.8, 4) is 11.5 Å². The predicted molar refractivity (Wildman–Crippen MR) is 146 cm³/mol. The van der Waals surface area contributed by atoms with Crippen molar-refractivity contribution in [2.75, 3.05) is 19.1 Å². The van der Waals surface area contributed by atoms with E-state index >= 15 is 0 Å². The zero-order chi connectivity index (χ0) is 27.1. The highest BCUT2D eigenvalue weighted by molar-refractivity contribution is 6.52. The number of ether oxygens (including phenoxy) is 2. The number of ketones is 1. The third kappa shape index (κ3) is 4.79. The number of amides is 1. The number of aliphatic hydroxyl groups is 1. The minimum Gasteiger partial charge on any atom is -0.507 e. The van der Waals surface area contributed by atoms with Crippen LogP contribution < -0.4 is 14.4 Å². The average molecular weight is 540 g/mol. The first-order chi connectivity index (χ1) is 17.5. The molecule has 8 heteroatoms. The maximum absolute atomic E-state index is 13.5.